The molecule has 4 N–H and O–H groups in total. The van der Waals surface area contributed by atoms with Crippen LogP contribution < -0.4 is 40.9 Å². The van der Waals surface area contributed by atoms with E-state index in [4.69, 9.17) is 18.2 Å². The number of hydrogen-bond acceptors (Lipinski definition) is 24. The third-order valence-corrected chi connectivity index (χ3v) is 10.5. The van der Waals surface area contributed by atoms with E-state index in [1.165, 1.54) is 0 Å². The molecular weight excluding hydrogens is 1330 g/mol. The molecule has 0 bridgehead atoms. The zero-order chi connectivity index (χ0) is 50.0. The van der Waals surface area contributed by atoms with Crippen molar-refractivity contribution in [3.05, 3.63) is 117 Å². The average Bonchev–Trinajstić information content (AvgIpc) is 3.15. The second-order valence-corrected chi connectivity index (χ2v) is 16.5. The summed E-state index contributed by atoms with van der Waals surface area (Å²) in [5.74, 6) is -15.7. The maximum atomic E-state index is 10.8. The van der Waals surface area contributed by atoms with E-state index in [1.54, 1.807) is 0 Å². The van der Waals surface area contributed by atoms with E-state index in [-0.39, 0.29) is 105 Å². The standard InChI is InChI=1S/4C8H6O7S.4Zr/c4*9-7(10)4-2-1-3-5(16(13,14)15)6(4)8(11)12;;;;/h4*1-3H,(H,9,10)(H,11,12)(H,13,14,15);;;;/q;;;;4*+2/p-8. The van der Waals surface area contributed by atoms with E-state index in [9.17, 15) is 113 Å². The van der Waals surface area contributed by atoms with Crippen LogP contribution in [0.15, 0.2) is 92.4 Å². The number of carboxylic acid groups (broad SMARTS) is 8. The molecule has 0 saturated carbocycles. The molecule has 4 aromatic carbocycles. The fraction of sp³-hybridized carbons (Fsp3) is 0. The first-order valence-electron chi connectivity index (χ1n) is 15.1. The fourth-order valence-corrected chi connectivity index (χ4v) is 7.31. The minimum Gasteiger partial charge on any atom is -0.545 e. The molecule has 0 heterocycles. The molecule has 68 heavy (non-hydrogen) atoms. The smallest absolute Gasteiger partial charge is 0.545 e. The van der Waals surface area contributed by atoms with Gasteiger partial charge in [0.2, 0.25) is 0 Å². The molecule has 0 aliphatic carbocycles. The van der Waals surface area contributed by atoms with Crippen molar-refractivity contribution in [1.82, 2.24) is 0 Å². The van der Waals surface area contributed by atoms with Crippen LogP contribution in [0.1, 0.15) is 82.9 Å². The Morgan fingerprint density at radius 3 is 0.500 bits per heavy atom. The van der Waals surface area contributed by atoms with Gasteiger partial charge in [-0.3, -0.25) is 18.2 Å². The van der Waals surface area contributed by atoms with Gasteiger partial charge in [-0.25, -0.2) is 0 Å². The van der Waals surface area contributed by atoms with E-state index in [0.29, 0.717) is 0 Å². The topological polar surface area (TPSA) is 539 Å². The number of benzene rings is 4. The van der Waals surface area contributed by atoms with Crippen LogP contribution in [0.5, 0.6) is 0 Å². The first-order valence-corrected chi connectivity index (χ1v) is 20.9. The van der Waals surface area contributed by atoms with Crippen LogP contribution in [0.25, 0.3) is 0 Å². The summed E-state index contributed by atoms with van der Waals surface area (Å²) in [4.78, 5) is 80.4. The van der Waals surface area contributed by atoms with Gasteiger partial charge in [-0.05, 0) is 24.3 Å². The molecule has 0 saturated heterocycles. The Morgan fingerprint density at radius 2 is 0.412 bits per heavy atom. The number of hydrogen-bond donors (Lipinski definition) is 4. The number of carbonyl (C=O) groups excluding carboxylic acids is 8. The number of carboxylic acids is 8. The molecule has 0 radical (unpaired) electrons. The Labute approximate surface area is 456 Å². The van der Waals surface area contributed by atoms with Crippen LogP contribution in [-0.4, -0.2) is 99.6 Å². The largest absolute Gasteiger partial charge is 2.00 e. The van der Waals surface area contributed by atoms with Crippen LogP contribution in [0.2, 0.25) is 0 Å². The average molecular weight is 1340 g/mol. The van der Waals surface area contributed by atoms with Gasteiger partial charge in [0.05, 0.1) is 47.8 Å². The Bertz CT molecular complexity index is 2670. The SMILES string of the molecule is O=C([O-])c1cccc(S(=O)(=O)O)c1C(=O)[O-].O=C([O-])c1cccc(S(=O)(=O)O)c1C(=O)[O-].O=C([O-])c1cccc(S(=O)(=O)O)c1C(=O)[O-].O=C([O-])c1cccc(S(=O)(=O)O)c1C(=O)[O-].[Zr+2].[Zr+2].[Zr+2].[Zr+2]. The summed E-state index contributed by atoms with van der Waals surface area (Å²) >= 11 is 0. The van der Waals surface area contributed by atoms with Gasteiger partial charge < -0.3 is 79.2 Å². The van der Waals surface area contributed by atoms with Crippen molar-refractivity contribution in [3.8, 4) is 0 Å². The first-order chi connectivity index (χ1) is 29.0. The summed E-state index contributed by atoms with van der Waals surface area (Å²) in [6.45, 7) is 0. The molecule has 0 fully saturated rings. The van der Waals surface area contributed by atoms with Crippen LogP contribution >= 0.6 is 0 Å². The van der Waals surface area contributed by atoms with E-state index in [1.807, 2.05) is 0 Å². The molecule has 0 amide bonds. The van der Waals surface area contributed by atoms with E-state index in [2.05, 4.69) is 0 Å². The molecule has 36 heteroatoms. The molecule has 4 aromatic rings. The summed E-state index contributed by atoms with van der Waals surface area (Å²) in [6.07, 6.45) is 0. The summed E-state index contributed by atoms with van der Waals surface area (Å²) in [5, 5.41) is 84.6. The van der Waals surface area contributed by atoms with Crippen molar-refractivity contribution in [2.45, 2.75) is 19.6 Å². The normalized spacial score (nSPS) is 10.4. The fourth-order valence-electron chi connectivity index (χ4n) is 4.51. The maximum Gasteiger partial charge on any atom is 2.00 e. The molecule has 352 valence electrons. The maximum absolute atomic E-state index is 10.8. The van der Waals surface area contributed by atoms with Crippen molar-refractivity contribution in [2.24, 2.45) is 0 Å². The van der Waals surface area contributed by atoms with Crippen molar-refractivity contribution in [2.75, 3.05) is 0 Å². The van der Waals surface area contributed by atoms with Gasteiger partial charge in [-0.15, -0.1) is 0 Å². The van der Waals surface area contributed by atoms with E-state index in [0.717, 1.165) is 72.8 Å². The second-order valence-electron chi connectivity index (χ2n) is 10.9. The van der Waals surface area contributed by atoms with Crippen molar-refractivity contribution >= 4 is 88.2 Å². The second kappa shape index (κ2) is 28.5. The molecule has 0 aliphatic rings. The quantitative estimate of drug-likeness (QED) is 0.0957. The number of rotatable bonds is 12. The summed E-state index contributed by atoms with van der Waals surface area (Å²) in [5.41, 5.74) is -8.06. The Morgan fingerprint density at radius 1 is 0.279 bits per heavy atom. The molecule has 0 aliphatic heterocycles. The van der Waals surface area contributed by atoms with Gasteiger partial charge >= 0.3 is 105 Å². The predicted molar refractivity (Wildman–Crippen MR) is 180 cm³/mol. The van der Waals surface area contributed by atoms with Crippen molar-refractivity contribution < 1.29 is 236 Å². The Kier molecular flexibility index (Phi) is 29.5. The Balaban J connectivity index is -0.000000394. The molecule has 4 rings (SSSR count). The third kappa shape index (κ3) is 19.7. The van der Waals surface area contributed by atoms with Gasteiger partial charge in [-0.2, -0.15) is 33.7 Å². The van der Waals surface area contributed by atoms with Gasteiger partial charge in [0.15, 0.2) is 0 Å². The summed E-state index contributed by atoms with van der Waals surface area (Å²) < 4.78 is 121. The third-order valence-electron chi connectivity index (χ3n) is 6.91. The van der Waals surface area contributed by atoms with Crippen LogP contribution in [-0.2, 0) is 145 Å². The zero-order valence-electron chi connectivity index (χ0n) is 32.1. The summed E-state index contributed by atoms with van der Waals surface area (Å²) in [6, 6.07) is 10.1. The van der Waals surface area contributed by atoms with Gasteiger partial charge in [0, 0.05) is 44.5 Å². The zero-order valence-corrected chi connectivity index (χ0v) is 45.2. The van der Waals surface area contributed by atoms with Gasteiger partial charge in [-0.1, -0.05) is 48.5 Å². The molecule has 0 atom stereocenters. The molecular formula is C32H16O28S4Zr4. The first kappa shape index (κ1) is 70.4. The monoisotopic (exact) mass is 1340 g/mol. The van der Waals surface area contributed by atoms with Crippen LogP contribution in [0, 0.1) is 0 Å². The van der Waals surface area contributed by atoms with E-state index < -0.39 is 152 Å². The van der Waals surface area contributed by atoms with Crippen molar-refractivity contribution in [1.29, 1.82) is 0 Å². The molecule has 0 spiro atoms. The van der Waals surface area contributed by atoms with Crippen molar-refractivity contribution in [3.63, 3.8) is 0 Å². The van der Waals surface area contributed by atoms with Crippen LogP contribution in [0.3, 0.4) is 0 Å². The minimum absolute atomic E-state index is 0. The number of carbonyl (C=O) groups is 8. The molecule has 0 unspecified atom stereocenters. The minimum atomic E-state index is -4.85. The van der Waals surface area contributed by atoms with E-state index >= 15 is 0 Å². The predicted octanol–water partition coefficient (Wildman–Crippen LogP) is -9.37. The molecule has 0 aromatic heterocycles. The van der Waals surface area contributed by atoms with Crippen LogP contribution in [0.4, 0.5) is 0 Å². The van der Waals surface area contributed by atoms with Gasteiger partial charge in [0.1, 0.15) is 19.6 Å². The summed E-state index contributed by atoms with van der Waals surface area (Å²) in [7, 11) is -19.4. The molecule has 28 nitrogen and oxygen atoms in total. The van der Waals surface area contributed by atoms with Gasteiger partial charge in [0.25, 0.3) is 40.5 Å². The number of aromatic carboxylic acids is 8. The Hall–Kier alpha value is -4.19.